The molecule has 0 aliphatic heterocycles. The molecule has 0 heterocycles. The summed E-state index contributed by atoms with van der Waals surface area (Å²) in [4.78, 5) is 11.1. The van der Waals surface area contributed by atoms with Crippen molar-refractivity contribution < 1.29 is 4.79 Å². The molecule has 0 bridgehead atoms. The predicted molar refractivity (Wildman–Crippen MR) is 60.3 cm³/mol. The summed E-state index contributed by atoms with van der Waals surface area (Å²) in [5.41, 5.74) is 1.96. The Hall–Kier alpha value is -1.81. The Bertz CT molecular complexity index is 443. The number of allylic oxidation sites excluding steroid dienone is 2. The maximum atomic E-state index is 11.1. The van der Waals surface area contributed by atoms with E-state index in [-0.39, 0.29) is 5.78 Å². The average molecular weight is 196 g/mol. The van der Waals surface area contributed by atoms with Crippen molar-refractivity contribution in [3.05, 3.63) is 47.5 Å². The van der Waals surface area contributed by atoms with Crippen molar-refractivity contribution in [2.24, 2.45) is 0 Å². The van der Waals surface area contributed by atoms with Crippen molar-refractivity contribution in [3.8, 4) is 11.8 Å². The molecular formula is C14H12O. The van der Waals surface area contributed by atoms with Crippen molar-refractivity contribution in [1.82, 2.24) is 0 Å². The standard InChI is InChI=1S/C14H12O/c15-14-8-4-7-13(11-14)10-9-12-5-2-1-3-6-12/h1-3,5-6,11H,4,7-8H2. The zero-order valence-corrected chi connectivity index (χ0v) is 8.49. The van der Waals surface area contributed by atoms with Crippen LogP contribution in [0.1, 0.15) is 24.8 Å². The van der Waals surface area contributed by atoms with E-state index in [2.05, 4.69) is 11.8 Å². The van der Waals surface area contributed by atoms with E-state index in [9.17, 15) is 4.79 Å². The fourth-order valence-electron chi connectivity index (χ4n) is 1.56. The van der Waals surface area contributed by atoms with Crippen LogP contribution in [-0.2, 0) is 4.79 Å². The van der Waals surface area contributed by atoms with E-state index in [1.54, 1.807) is 6.08 Å². The zero-order valence-electron chi connectivity index (χ0n) is 8.49. The molecule has 1 aliphatic carbocycles. The fraction of sp³-hybridized carbons (Fsp3) is 0.214. The number of benzene rings is 1. The van der Waals surface area contributed by atoms with Gasteiger partial charge >= 0.3 is 0 Å². The summed E-state index contributed by atoms with van der Waals surface area (Å²) >= 11 is 0. The monoisotopic (exact) mass is 196 g/mol. The van der Waals surface area contributed by atoms with Crippen molar-refractivity contribution >= 4 is 5.78 Å². The van der Waals surface area contributed by atoms with Crippen molar-refractivity contribution in [3.63, 3.8) is 0 Å². The number of hydrogen-bond acceptors (Lipinski definition) is 1. The van der Waals surface area contributed by atoms with Crippen LogP contribution in [0, 0.1) is 11.8 Å². The van der Waals surface area contributed by atoms with Crippen LogP contribution in [0.3, 0.4) is 0 Å². The van der Waals surface area contributed by atoms with Crippen LogP contribution in [-0.4, -0.2) is 5.78 Å². The molecule has 0 fully saturated rings. The molecule has 1 aromatic rings. The van der Waals surface area contributed by atoms with Gasteiger partial charge in [0.05, 0.1) is 0 Å². The number of rotatable bonds is 0. The molecule has 1 nitrogen and oxygen atoms in total. The lowest BCUT2D eigenvalue weighted by molar-refractivity contribution is -0.115. The molecule has 0 aromatic heterocycles. The maximum absolute atomic E-state index is 11.1. The Kier molecular flexibility index (Phi) is 2.99. The zero-order chi connectivity index (χ0) is 10.5. The molecule has 0 saturated heterocycles. The molecule has 15 heavy (non-hydrogen) atoms. The SMILES string of the molecule is O=C1C=C(C#Cc2ccccc2)CCC1. The van der Waals surface area contributed by atoms with Gasteiger partial charge in [0.25, 0.3) is 0 Å². The van der Waals surface area contributed by atoms with Crippen LogP contribution in [0.4, 0.5) is 0 Å². The van der Waals surface area contributed by atoms with Crippen LogP contribution in [0.15, 0.2) is 42.0 Å². The highest BCUT2D eigenvalue weighted by Gasteiger charge is 2.07. The molecule has 0 amide bonds. The Morgan fingerprint density at radius 3 is 2.53 bits per heavy atom. The van der Waals surface area contributed by atoms with Crippen LogP contribution in [0.25, 0.3) is 0 Å². The number of carbonyl (C=O) groups is 1. The second-order valence-corrected chi connectivity index (χ2v) is 3.61. The first kappa shape index (κ1) is 9.73. The van der Waals surface area contributed by atoms with E-state index in [0.29, 0.717) is 6.42 Å². The largest absolute Gasteiger partial charge is 0.295 e. The predicted octanol–water partition coefficient (Wildman–Crippen LogP) is 2.72. The molecule has 0 saturated carbocycles. The van der Waals surface area contributed by atoms with Gasteiger partial charge < -0.3 is 0 Å². The topological polar surface area (TPSA) is 17.1 Å². The minimum Gasteiger partial charge on any atom is -0.295 e. The van der Waals surface area contributed by atoms with E-state index in [1.165, 1.54) is 0 Å². The number of carbonyl (C=O) groups excluding carboxylic acids is 1. The van der Waals surface area contributed by atoms with E-state index in [0.717, 1.165) is 24.0 Å². The minimum absolute atomic E-state index is 0.207. The first-order valence-electron chi connectivity index (χ1n) is 5.15. The Balaban J connectivity index is 2.15. The Morgan fingerprint density at radius 1 is 1.00 bits per heavy atom. The van der Waals surface area contributed by atoms with Crippen molar-refractivity contribution in [1.29, 1.82) is 0 Å². The molecule has 1 aliphatic rings. The molecule has 1 heteroatoms. The summed E-state index contributed by atoms with van der Waals surface area (Å²) in [5, 5.41) is 0. The van der Waals surface area contributed by atoms with Crippen LogP contribution < -0.4 is 0 Å². The first-order chi connectivity index (χ1) is 7.34. The fourth-order valence-corrected chi connectivity index (χ4v) is 1.56. The van der Waals surface area contributed by atoms with Crippen LogP contribution in [0.2, 0.25) is 0 Å². The molecule has 1 aromatic carbocycles. The highest BCUT2D eigenvalue weighted by molar-refractivity contribution is 5.91. The highest BCUT2D eigenvalue weighted by Crippen LogP contribution is 2.14. The molecule has 74 valence electrons. The summed E-state index contributed by atoms with van der Waals surface area (Å²) in [7, 11) is 0. The maximum Gasteiger partial charge on any atom is 0.156 e. The van der Waals surface area contributed by atoms with Gasteiger partial charge in [-0.2, -0.15) is 0 Å². The molecule has 0 atom stereocenters. The van der Waals surface area contributed by atoms with Gasteiger partial charge in [-0.05, 0) is 31.1 Å². The average Bonchev–Trinajstić information content (AvgIpc) is 2.28. The third-order valence-corrected chi connectivity index (χ3v) is 2.35. The summed E-state index contributed by atoms with van der Waals surface area (Å²) in [6.07, 6.45) is 4.23. The summed E-state index contributed by atoms with van der Waals surface area (Å²) in [6, 6.07) is 9.83. The van der Waals surface area contributed by atoms with E-state index < -0.39 is 0 Å². The summed E-state index contributed by atoms with van der Waals surface area (Å²) in [5.74, 6) is 6.33. The number of hydrogen-bond donors (Lipinski definition) is 0. The van der Waals surface area contributed by atoms with Crippen molar-refractivity contribution in [2.45, 2.75) is 19.3 Å². The first-order valence-corrected chi connectivity index (χ1v) is 5.15. The Labute approximate surface area is 89.8 Å². The lowest BCUT2D eigenvalue weighted by Crippen LogP contribution is -2.01. The second kappa shape index (κ2) is 4.61. The van der Waals surface area contributed by atoms with Gasteiger partial charge in [-0.15, -0.1) is 0 Å². The van der Waals surface area contributed by atoms with E-state index in [4.69, 9.17) is 0 Å². The van der Waals surface area contributed by atoms with E-state index in [1.807, 2.05) is 30.3 Å². The molecule has 2 rings (SSSR count). The van der Waals surface area contributed by atoms with Gasteiger partial charge in [0.15, 0.2) is 5.78 Å². The van der Waals surface area contributed by atoms with Crippen LogP contribution in [0.5, 0.6) is 0 Å². The molecule has 0 radical (unpaired) electrons. The summed E-state index contributed by atoms with van der Waals surface area (Å²) < 4.78 is 0. The smallest absolute Gasteiger partial charge is 0.156 e. The van der Waals surface area contributed by atoms with Gasteiger partial charge in [-0.25, -0.2) is 0 Å². The van der Waals surface area contributed by atoms with Crippen LogP contribution >= 0.6 is 0 Å². The van der Waals surface area contributed by atoms with Gasteiger partial charge in [0, 0.05) is 17.6 Å². The molecule has 0 unspecified atom stereocenters. The Morgan fingerprint density at radius 2 is 1.80 bits per heavy atom. The highest BCUT2D eigenvalue weighted by atomic mass is 16.1. The quantitative estimate of drug-likeness (QED) is 0.583. The van der Waals surface area contributed by atoms with Gasteiger partial charge in [-0.1, -0.05) is 30.0 Å². The second-order valence-electron chi connectivity index (χ2n) is 3.61. The van der Waals surface area contributed by atoms with Gasteiger partial charge in [0.1, 0.15) is 0 Å². The minimum atomic E-state index is 0.207. The van der Waals surface area contributed by atoms with E-state index >= 15 is 0 Å². The molecule has 0 N–H and O–H groups in total. The third kappa shape index (κ3) is 2.82. The molecular weight excluding hydrogens is 184 g/mol. The normalized spacial score (nSPS) is 15.2. The van der Waals surface area contributed by atoms with Gasteiger partial charge in [0.2, 0.25) is 0 Å². The number of ketones is 1. The lowest BCUT2D eigenvalue weighted by Gasteiger charge is -2.04. The summed E-state index contributed by atoms with van der Waals surface area (Å²) in [6.45, 7) is 0. The lowest BCUT2D eigenvalue weighted by atomic mass is 9.99. The van der Waals surface area contributed by atoms with Gasteiger partial charge in [-0.3, -0.25) is 4.79 Å². The molecule has 0 spiro atoms. The van der Waals surface area contributed by atoms with Crippen molar-refractivity contribution in [2.75, 3.05) is 0 Å². The third-order valence-electron chi connectivity index (χ3n) is 2.35.